The van der Waals surface area contributed by atoms with Crippen molar-refractivity contribution in [1.82, 2.24) is 5.32 Å². The average Bonchev–Trinajstić information content (AvgIpc) is 2.74. The van der Waals surface area contributed by atoms with Crippen LogP contribution in [0.4, 0.5) is 0 Å². The molecule has 0 aliphatic carbocycles. The Kier molecular flexibility index (Phi) is 14.8. The van der Waals surface area contributed by atoms with Gasteiger partial charge < -0.3 is 11.1 Å². The van der Waals surface area contributed by atoms with Gasteiger partial charge in [-0.2, -0.15) is 0 Å². The first-order chi connectivity index (χ1) is 14.9. The van der Waals surface area contributed by atoms with Gasteiger partial charge in [-0.3, -0.25) is 4.79 Å². The van der Waals surface area contributed by atoms with Gasteiger partial charge in [0.2, 0.25) is 0 Å². The number of amides is 1. The van der Waals surface area contributed by atoms with E-state index < -0.39 is 0 Å². The van der Waals surface area contributed by atoms with Crippen LogP contribution in [0.2, 0.25) is 0 Å². The van der Waals surface area contributed by atoms with Crippen molar-refractivity contribution in [2.75, 3.05) is 13.1 Å². The van der Waals surface area contributed by atoms with Gasteiger partial charge in [0.15, 0.2) is 0 Å². The zero-order valence-electron chi connectivity index (χ0n) is 19.8. The van der Waals surface area contributed by atoms with Crippen LogP contribution in [0.15, 0.2) is 64.1 Å². The maximum absolute atomic E-state index is 12.2. The summed E-state index contributed by atoms with van der Waals surface area (Å²) in [5.74, 6) is -0.0794. The van der Waals surface area contributed by atoms with Crippen molar-refractivity contribution in [3.63, 3.8) is 0 Å². The molecule has 3 N–H and O–H groups in total. The second kappa shape index (κ2) is 16.9. The minimum absolute atomic E-state index is 0.0794. The third kappa shape index (κ3) is 13.3. The number of unbranched alkanes of at least 4 members (excludes halogenated alkanes) is 3. The number of hydrogen-bond acceptors (Lipinski definition) is 3. The molecular weight excluding hydrogens is 400 g/mol. The third-order valence-electron chi connectivity index (χ3n) is 5.45. The van der Waals surface area contributed by atoms with Crippen molar-refractivity contribution in [2.24, 2.45) is 5.73 Å². The van der Waals surface area contributed by atoms with E-state index in [9.17, 15) is 4.79 Å². The van der Waals surface area contributed by atoms with Crippen LogP contribution in [0, 0.1) is 0 Å². The van der Waals surface area contributed by atoms with Gasteiger partial charge in [-0.25, -0.2) is 0 Å². The quantitative estimate of drug-likeness (QED) is 0.155. The van der Waals surface area contributed by atoms with E-state index in [4.69, 9.17) is 5.73 Å². The molecule has 1 aromatic rings. The Hall–Kier alpha value is -1.78. The van der Waals surface area contributed by atoms with Gasteiger partial charge in [-0.15, -0.1) is 12.6 Å². The molecule has 1 amide bonds. The topological polar surface area (TPSA) is 55.1 Å². The fourth-order valence-corrected chi connectivity index (χ4v) is 3.64. The highest BCUT2D eigenvalue weighted by atomic mass is 32.1. The molecule has 0 atom stereocenters. The number of nitrogens with two attached hydrogens (primary N) is 1. The summed E-state index contributed by atoms with van der Waals surface area (Å²) in [5, 5.41) is 2.94. The lowest BCUT2D eigenvalue weighted by Crippen LogP contribution is -2.23. The molecule has 0 radical (unpaired) electrons. The maximum atomic E-state index is 12.2. The smallest absolute Gasteiger partial charge is 0.252 e. The van der Waals surface area contributed by atoms with Crippen LogP contribution in [0.3, 0.4) is 0 Å². The van der Waals surface area contributed by atoms with Crippen molar-refractivity contribution < 1.29 is 4.79 Å². The Balaban J connectivity index is 2.22. The molecule has 1 aromatic carbocycles. The minimum Gasteiger partial charge on any atom is -0.349 e. The van der Waals surface area contributed by atoms with Crippen LogP contribution in [-0.2, 0) is 0 Å². The number of carbonyl (C=O) groups is 1. The third-order valence-corrected chi connectivity index (χ3v) is 5.84. The van der Waals surface area contributed by atoms with Gasteiger partial charge in [-0.1, -0.05) is 59.9 Å². The first-order valence-corrected chi connectivity index (χ1v) is 12.1. The van der Waals surface area contributed by atoms with Gasteiger partial charge in [0, 0.05) is 11.4 Å². The Bertz CT molecular complexity index is 749. The van der Waals surface area contributed by atoms with E-state index in [0.29, 0.717) is 17.0 Å². The van der Waals surface area contributed by atoms with Gasteiger partial charge in [0.25, 0.3) is 5.91 Å². The van der Waals surface area contributed by atoms with Gasteiger partial charge >= 0.3 is 0 Å². The molecule has 0 aromatic heterocycles. The summed E-state index contributed by atoms with van der Waals surface area (Å²) >= 11 is 4.34. The number of thiol groups is 1. The van der Waals surface area contributed by atoms with Crippen molar-refractivity contribution in [3.05, 3.63) is 64.8 Å². The van der Waals surface area contributed by atoms with E-state index >= 15 is 0 Å². The molecule has 0 spiro atoms. The zero-order valence-corrected chi connectivity index (χ0v) is 20.6. The van der Waals surface area contributed by atoms with Crippen LogP contribution in [0.25, 0.3) is 0 Å². The van der Waals surface area contributed by atoms with Gasteiger partial charge in [-0.05, 0) is 84.4 Å². The van der Waals surface area contributed by atoms with E-state index in [2.05, 4.69) is 56.9 Å². The summed E-state index contributed by atoms with van der Waals surface area (Å²) in [6, 6.07) is 7.35. The van der Waals surface area contributed by atoms with Crippen LogP contribution in [0.5, 0.6) is 0 Å². The summed E-state index contributed by atoms with van der Waals surface area (Å²) in [4.78, 5) is 12.9. The lowest BCUT2D eigenvalue weighted by atomic mass is 10.0. The summed E-state index contributed by atoms with van der Waals surface area (Å²) in [7, 11) is 0. The number of benzene rings is 1. The largest absolute Gasteiger partial charge is 0.349 e. The first kappa shape index (κ1) is 27.3. The van der Waals surface area contributed by atoms with Crippen molar-refractivity contribution in [1.29, 1.82) is 0 Å². The number of rotatable bonds is 15. The second-order valence-electron chi connectivity index (χ2n) is 8.41. The van der Waals surface area contributed by atoms with Crippen molar-refractivity contribution in [3.8, 4) is 0 Å². The maximum Gasteiger partial charge on any atom is 0.252 e. The molecule has 0 saturated carbocycles. The van der Waals surface area contributed by atoms with Gasteiger partial charge in [0.1, 0.15) is 0 Å². The predicted octanol–water partition coefficient (Wildman–Crippen LogP) is 7.01. The molecule has 0 unspecified atom stereocenters. The van der Waals surface area contributed by atoms with E-state index in [1.54, 1.807) is 6.07 Å². The molecule has 31 heavy (non-hydrogen) atoms. The zero-order chi connectivity index (χ0) is 22.9. The van der Waals surface area contributed by atoms with Crippen LogP contribution in [0.1, 0.15) is 88.9 Å². The van der Waals surface area contributed by atoms with Crippen LogP contribution < -0.4 is 11.1 Å². The Labute approximate surface area is 195 Å². The van der Waals surface area contributed by atoms with E-state index in [1.807, 2.05) is 18.2 Å². The molecule has 3 nitrogen and oxygen atoms in total. The molecule has 0 saturated heterocycles. The Morgan fingerprint density at radius 3 is 2.10 bits per heavy atom. The highest BCUT2D eigenvalue weighted by molar-refractivity contribution is 7.80. The molecule has 0 heterocycles. The second-order valence-corrected chi connectivity index (χ2v) is 8.89. The van der Waals surface area contributed by atoms with Gasteiger partial charge in [0.05, 0.1) is 5.56 Å². The molecule has 0 bridgehead atoms. The van der Waals surface area contributed by atoms with Crippen LogP contribution >= 0.6 is 12.6 Å². The minimum atomic E-state index is -0.0794. The van der Waals surface area contributed by atoms with Crippen molar-refractivity contribution >= 4 is 18.5 Å². The molecule has 0 aliphatic heterocycles. The highest BCUT2D eigenvalue weighted by Gasteiger charge is 2.06. The molecular formula is C27H42N2OS. The van der Waals surface area contributed by atoms with Crippen molar-refractivity contribution in [2.45, 2.75) is 83.5 Å². The molecule has 4 heteroatoms. The molecule has 0 fully saturated rings. The lowest BCUT2D eigenvalue weighted by molar-refractivity contribution is 0.0955. The Morgan fingerprint density at radius 2 is 1.45 bits per heavy atom. The fraction of sp³-hybridized carbons (Fsp3) is 0.519. The normalized spacial score (nSPS) is 12.9. The summed E-state index contributed by atoms with van der Waals surface area (Å²) in [5.41, 5.74) is 10.4. The number of allylic oxidation sites excluding steroid dienone is 5. The van der Waals surface area contributed by atoms with E-state index in [1.165, 1.54) is 42.4 Å². The highest BCUT2D eigenvalue weighted by Crippen LogP contribution is 2.15. The summed E-state index contributed by atoms with van der Waals surface area (Å²) < 4.78 is 0. The average molecular weight is 443 g/mol. The monoisotopic (exact) mass is 442 g/mol. The first-order valence-electron chi connectivity index (χ1n) is 11.7. The van der Waals surface area contributed by atoms with Crippen LogP contribution in [-0.4, -0.2) is 19.0 Å². The molecule has 172 valence electrons. The number of hydrogen-bond donors (Lipinski definition) is 3. The Morgan fingerprint density at radius 1 is 0.871 bits per heavy atom. The van der Waals surface area contributed by atoms with E-state index in [0.717, 1.165) is 38.6 Å². The standard InChI is InChI=1S/C27H42N2OS/c1-22(12-6-4-5-9-20-28)13-10-14-23(2)15-11-16-24(3)19-21-29-27(30)25-17-7-8-18-26(25)31/h7-8,13,15,17-19,31H,4-6,9-12,14,16,20-21,28H2,1-3H3,(H,29,30). The SMILES string of the molecule is CC(=CCCC(C)=CCNC(=O)c1ccccc1S)CCC=C(C)CCCCCCN. The lowest BCUT2D eigenvalue weighted by Gasteiger charge is -2.06. The summed E-state index contributed by atoms with van der Waals surface area (Å²) in [6.45, 7) is 7.97. The van der Waals surface area contributed by atoms with E-state index in [-0.39, 0.29) is 5.91 Å². The number of carbonyl (C=O) groups excluding carboxylic acids is 1. The number of nitrogens with one attached hydrogen (secondary N) is 1. The fourth-order valence-electron chi connectivity index (χ4n) is 3.38. The molecule has 0 aliphatic rings. The predicted molar refractivity (Wildman–Crippen MR) is 138 cm³/mol. The molecule has 1 rings (SSSR count). The summed E-state index contributed by atoms with van der Waals surface area (Å²) in [6.07, 6.45) is 17.4.